The van der Waals surface area contributed by atoms with Crippen LogP contribution in [0.5, 0.6) is 0 Å². The van der Waals surface area contributed by atoms with E-state index in [9.17, 15) is 0 Å². The fourth-order valence-corrected chi connectivity index (χ4v) is 1.39. The molecule has 1 fully saturated rings. The molecule has 1 heterocycles. The number of rotatable bonds is 2. The van der Waals surface area contributed by atoms with Crippen LogP contribution in [0.2, 0.25) is 0 Å². The number of hydrogen-bond donors (Lipinski definition) is 1. The first-order chi connectivity index (χ1) is 4.77. The Labute approximate surface area is 62.1 Å². The van der Waals surface area contributed by atoms with Crippen molar-refractivity contribution in [2.45, 2.75) is 19.1 Å². The molecule has 0 amide bonds. The summed E-state index contributed by atoms with van der Waals surface area (Å²) in [4.78, 5) is 2.30. The van der Waals surface area contributed by atoms with Crippen LogP contribution in [-0.2, 0) is 4.74 Å². The third-order valence-electron chi connectivity index (χ3n) is 2.13. The number of nitrogens with two attached hydrogens (primary N) is 1. The zero-order valence-corrected chi connectivity index (χ0v) is 6.71. The van der Waals surface area contributed by atoms with Gasteiger partial charge in [0.05, 0.1) is 6.10 Å². The van der Waals surface area contributed by atoms with E-state index in [0.29, 0.717) is 0 Å². The minimum atomic E-state index is 0.213. The summed E-state index contributed by atoms with van der Waals surface area (Å²) in [7, 11) is 1.73. The van der Waals surface area contributed by atoms with Crippen LogP contribution in [0.1, 0.15) is 6.92 Å². The van der Waals surface area contributed by atoms with Crippen LogP contribution >= 0.6 is 0 Å². The van der Waals surface area contributed by atoms with Gasteiger partial charge in [-0.05, 0) is 6.54 Å². The van der Waals surface area contributed by atoms with Crippen LogP contribution < -0.4 is 5.73 Å². The van der Waals surface area contributed by atoms with Crippen LogP contribution in [0.25, 0.3) is 0 Å². The van der Waals surface area contributed by atoms with E-state index in [2.05, 4.69) is 11.8 Å². The first-order valence-electron chi connectivity index (χ1n) is 3.78. The van der Waals surface area contributed by atoms with E-state index in [1.807, 2.05) is 0 Å². The second-order valence-electron chi connectivity index (χ2n) is 2.79. The van der Waals surface area contributed by atoms with Gasteiger partial charge in [0, 0.05) is 26.2 Å². The lowest BCUT2D eigenvalue weighted by molar-refractivity contribution is 0.0988. The van der Waals surface area contributed by atoms with Crippen LogP contribution in [-0.4, -0.2) is 43.8 Å². The van der Waals surface area contributed by atoms with E-state index < -0.39 is 0 Å². The Hall–Kier alpha value is -0.120. The number of ether oxygens (including phenoxy) is 1. The Morgan fingerprint density at radius 3 is 2.60 bits per heavy atom. The number of hydrogen-bond acceptors (Lipinski definition) is 3. The van der Waals surface area contributed by atoms with Crippen LogP contribution in [0.15, 0.2) is 0 Å². The van der Waals surface area contributed by atoms with Crippen molar-refractivity contribution in [2.75, 3.05) is 26.7 Å². The zero-order chi connectivity index (χ0) is 7.56. The molecular weight excluding hydrogens is 128 g/mol. The Balaban J connectivity index is 2.36. The van der Waals surface area contributed by atoms with Gasteiger partial charge < -0.3 is 10.5 Å². The molecule has 60 valence electrons. The van der Waals surface area contributed by atoms with Crippen LogP contribution in [0.3, 0.4) is 0 Å². The lowest BCUT2D eigenvalue weighted by atomic mass is 10.2. The minimum absolute atomic E-state index is 0.213. The molecule has 0 bridgehead atoms. The lowest BCUT2D eigenvalue weighted by Gasteiger charge is -2.11. The van der Waals surface area contributed by atoms with E-state index in [1.54, 1.807) is 7.11 Å². The highest BCUT2D eigenvalue weighted by Gasteiger charge is 2.28. The van der Waals surface area contributed by atoms with Gasteiger partial charge in [0.15, 0.2) is 0 Å². The molecule has 0 aliphatic carbocycles. The molecule has 2 atom stereocenters. The van der Waals surface area contributed by atoms with Gasteiger partial charge in [0.1, 0.15) is 0 Å². The standard InChI is InChI=1S/C7H16N2O/c1-3-9-4-6(8)7(5-9)10-2/h6-7H,3-5,8H2,1-2H3/t6-,7-/m1/s1. The minimum Gasteiger partial charge on any atom is -0.378 e. The van der Waals surface area contributed by atoms with Crippen molar-refractivity contribution in [1.29, 1.82) is 0 Å². The maximum absolute atomic E-state index is 5.79. The van der Waals surface area contributed by atoms with E-state index in [4.69, 9.17) is 10.5 Å². The summed E-state index contributed by atoms with van der Waals surface area (Å²) in [6.45, 7) is 5.20. The highest BCUT2D eigenvalue weighted by atomic mass is 16.5. The van der Waals surface area contributed by atoms with Gasteiger partial charge in [0.2, 0.25) is 0 Å². The van der Waals surface area contributed by atoms with Crippen molar-refractivity contribution in [3.63, 3.8) is 0 Å². The maximum Gasteiger partial charge on any atom is 0.0861 e. The summed E-state index contributed by atoms with van der Waals surface area (Å²) in [5.74, 6) is 0. The Kier molecular flexibility index (Phi) is 2.65. The Morgan fingerprint density at radius 1 is 1.60 bits per heavy atom. The van der Waals surface area contributed by atoms with Crippen molar-refractivity contribution in [3.8, 4) is 0 Å². The van der Waals surface area contributed by atoms with Gasteiger partial charge in [-0.25, -0.2) is 0 Å². The lowest BCUT2D eigenvalue weighted by Crippen LogP contribution is -2.34. The summed E-state index contributed by atoms with van der Waals surface area (Å²) >= 11 is 0. The molecule has 3 heteroatoms. The van der Waals surface area contributed by atoms with Gasteiger partial charge in [-0.3, -0.25) is 4.90 Å². The number of nitrogens with zero attached hydrogens (tertiary/aromatic N) is 1. The summed E-state index contributed by atoms with van der Waals surface area (Å²) in [6.07, 6.45) is 0.250. The summed E-state index contributed by atoms with van der Waals surface area (Å²) in [5.41, 5.74) is 5.79. The topological polar surface area (TPSA) is 38.5 Å². The van der Waals surface area contributed by atoms with Crippen molar-refractivity contribution in [3.05, 3.63) is 0 Å². The second kappa shape index (κ2) is 3.32. The normalized spacial score (nSPS) is 35.1. The second-order valence-corrected chi connectivity index (χ2v) is 2.79. The first kappa shape index (κ1) is 7.98. The van der Waals surface area contributed by atoms with Crippen molar-refractivity contribution in [2.24, 2.45) is 5.73 Å². The SMILES string of the molecule is CCN1C[C@@H](N)[C@H](OC)C1. The molecule has 0 radical (unpaired) electrons. The molecule has 0 saturated carbocycles. The molecular formula is C7H16N2O. The number of likely N-dealkylation sites (N-methyl/N-ethyl adjacent to an activating group) is 1. The Morgan fingerprint density at radius 2 is 2.30 bits per heavy atom. The third kappa shape index (κ3) is 1.48. The van der Waals surface area contributed by atoms with Crippen molar-refractivity contribution >= 4 is 0 Å². The van der Waals surface area contributed by atoms with E-state index in [1.165, 1.54) is 0 Å². The number of methoxy groups -OCH3 is 1. The molecule has 0 spiro atoms. The molecule has 0 aromatic rings. The quantitative estimate of drug-likeness (QED) is 0.576. The molecule has 2 N–H and O–H groups in total. The maximum atomic E-state index is 5.79. The highest BCUT2D eigenvalue weighted by molar-refractivity contribution is 4.86. The monoisotopic (exact) mass is 144 g/mol. The number of likely N-dealkylation sites (tertiary alicyclic amines) is 1. The summed E-state index contributed by atoms with van der Waals surface area (Å²) in [5, 5.41) is 0. The molecule has 1 aliphatic heterocycles. The third-order valence-corrected chi connectivity index (χ3v) is 2.13. The van der Waals surface area contributed by atoms with Crippen molar-refractivity contribution < 1.29 is 4.74 Å². The summed E-state index contributed by atoms with van der Waals surface area (Å²) in [6, 6.07) is 0.213. The smallest absolute Gasteiger partial charge is 0.0861 e. The van der Waals surface area contributed by atoms with E-state index in [0.717, 1.165) is 19.6 Å². The fourth-order valence-electron chi connectivity index (χ4n) is 1.39. The van der Waals surface area contributed by atoms with Gasteiger partial charge in [-0.2, -0.15) is 0 Å². The van der Waals surface area contributed by atoms with Gasteiger partial charge in [-0.1, -0.05) is 6.92 Å². The molecule has 10 heavy (non-hydrogen) atoms. The van der Waals surface area contributed by atoms with E-state index in [-0.39, 0.29) is 12.1 Å². The van der Waals surface area contributed by atoms with Gasteiger partial charge >= 0.3 is 0 Å². The fraction of sp³-hybridized carbons (Fsp3) is 1.00. The van der Waals surface area contributed by atoms with E-state index >= 15 is 0 Å². The summed E-state index contributed by atoms with van der Waals surface area (Å²) < 4.78 is 5.19. The van der Waals surface area contributed by atoms with Gasteiger partial charge in [-0.15, -0.1) is 0 Å². The van der Waals surface area contributed by atoms with Crippen molar-refractivity contribution in [1.82, 2.24) is 4.90 Å². The average molecular weight is 144 g/mol. The predicted octanol–water partition coefficient (Wildman–Crippen LogP) is -0.336. The van der Waals surface area contributed by atoms with Crippen LogP contribution in [0, 0.1) is 0 Å². The van der Waals surface area contributed by atoms with Crippen LogP contribution in [0.4, 0.5) is 0 Å². The Bertz CT molecular complexity index is 108. The molecule has 0 aromatic carbocycles. The molecule has 0 aromatic heterocycles. The predicted molar refractivity (Wildman–Crippen MR) is 40.9 cm³/mol. The zero-order valence-electron chi connectivity index (χ0n) is 6.71. The molecule has 1 rings (SSSR count). The molecule has 0 unspecified atom stereocenters. The van der Waals surface area contributed by atoms with Gasteiger partial charge in [0.25, 0.3) is 0 Å². The average Bonchev–Trinajstić information content (AvgIpc) is 2.30. The molecule has 3 nitrogen and oxygen atoms in total. The molecule has 1 aliphatic rings. The first-order valence-corrected chi connectivity index (χ1v) is 3.78. The molecule has 1 saturated heterocycles. The highest BCUT2D eigenvalue weighted by Crippen LogP contribution is 2.09. The largest absolute Gasteiger partial charge is 0.378 e.